The summed E-state index contributed by atoms with van der Waals surface area (Å²) in [6.07, 6.45) is 38.4. The fourth-order valence-corrected chi connectivity index (χ4v) is 11.7. The Balaban J connectivity index is 1.35. The molecular formula is C51H95NO6S2. The number of hydrogen-bond acceptors (Lipinski definition) is 9. The summed E-state index contributed by atoms with van der Waals surface area (Å²) in [5.74, 6) is 5.15. The summed E-state index contributed by atoms with van der Waals surface area (Å²) in [5.41, 5.74) is 0. The highest BCUT2D eigenvalue weighted by molar-refractivity contribution is 7.99. The standard InChI is InChI=1S/C51H95NO6S2/c1-5-7-9-19-29-47(56-49(53)33-31-44-25-15-11-16-26-44)42-59-39-23-13-21-36-51(55-41-46(58-51)35-38-52(3)4)37-22-14-24-40-60-43-48(30-20-10-8-6-2)57-50(54)34-32-45-27-17-12-18-28-45/h44-48H,5-43H2,1-4H3. The van der Waals surface area contributed by atoms with Crippen LogP contribution in [0, 0.1) is 11.8 Å². The van der Waals surface area contributed by atoms with Crippen molar-refractivity contribution < 1.29 is 28.5 Å². The van der Waals surface area contributed by atoms with Gasteiger partial charge in [-0.3, -0.25) is 9.59 Å². The fraction of sp³-hybridized carbons (Fsp3) is 0.961. The van der Waals surface area contributed by atoms with Gasteiger partial charge in [-0.05, 0) is 108 Å². The van der Waals surface area contributed by atoms with E-state index in [1.807, 2.05) is 23.5 Å². The Morgan fingerprint density at radius 2 is 1.08 bits per heavy atom. The molecule has 1 heterocycles. The van der Waals surface area contributed by atoms with Crippen molar-refractivity contribution in [2.24, 2.45) is 11.8 Å². The maximum Gasteiger partial charge on any atom is 0.306 e. The second kappa shape index (κ2) is 34.9. The molecule has 3 aliphatic rings. The van der Waals surface area contributed by atoms with Gasteiger partial charge in [-0.1, -0.05) is 129 Å². The summed E-state index contributed by atoms with van der Waals surface area (Å²) in [7, 11) is 4.26. The van der Waals surface area contributed by atoms with Crippen LogP contribution < -0.4 is 0 Å². The van der Waals surface area contributed by atoms with Gasteiger partial charge in [-0.2, -0.15) is 23.5 Å². The monoisotopic (exact) mass is 882 g/mol. The van der Waals surface area contributed by atoms with Crippen molar-refractivity contribution in [2.75, 3.05) is 50.3 Å². The maximum atomic E-state index is 12.8. The van der Waals surface area contributed by atoms with Crippen LogP contribution in [0.4, 0.5) is 0 Å². The van der Waals surface area contributed by atoms with Crippen molar-refractivity contribution in [1.82, 2.24) is 4.90 Å². The molecule has 0 aromatic rings. The van der Waals surface area contributed by atoms with E-state index in [9.17, 15) is 9.59 Å². The minimum atomic E-state index is -0.442. The van der Waals surface area contributed by atoms with E-state index in [1.54, 1.807) is 0 Å². The van der Waals surface area contributed by atoms with Gasteiger partial charge in [-0.15, -0.1) is 0 Å². The van der Waals surface area contributed by atoms with Crippen molar-refractivity contribution in [3.8, 4) is 0 Å². The van der Waals surface area contributed by atoms with Crippen LogP contribution >= 0.6 is 23.5 Å². The van der Waals surface area contributed by atoms with E-state index >= 15 is 0 Å². The number of carbonyl (C=O) groups is 2. The van der Waals surface area contributed by atoms with E-state index in [-0.39, 0.29) is 30.3 Å². The molecule has 1 saturated heterocycles. The van der Waals surface area contributed by atoms with E-state index in [0.29, 0.717) is 19.4 Å². The van der Waals surface area contributed by atoms with Gasteiger partial charge < -0.3 is 23.8 Å². The van der Waals surface area contributed by atoms with Gasteiger partial charge in [0.2, 0.25) is 0 Å². The van der Waals surface area contributed by atoms with Crippen LogP contribution in [0.3, 0.4) is 0 Å². The lowest BCUT2D eigenvalue weighted by atomic mass is 9.86. The SMILES string of the molecule is CCCCCCC(CSCCCCCC1(CCCCCSCC(CCCCCC)OC(=O)CCC2CCCCC2)OCC(CCN(C)C)O1)OC(=O)CCC1CCCCC1. The zero-order chi connectivity index (χ0) is 42.9. The molecule has 0 aromatic heterocycles. The number of rotatable bonds is 37. The maximum absolute atomic E-state index is 12.8. The van der Waals surface area contributed by atoms with E-state index in [0.717, 1.165) is 112 Å². The smallest absolute Gasteiger partial charge is 0.306 e. The highest BCUT2D eigenvalue weighted by atomic mass is 32.2. The summed E-state index contributed by atoms with van der Waals surface area (Å²) < 4.78 is 25.5. The normalized spacial score (nSPS) is 21.4. The van der Waals surface area contributed by atoms with Crippen LogP contribution in [0.2, 0.25) is 0 Å². The predicted octanol–water partition coefficient (Wildman–Crippen LogP) is 14.1. The largest absolute Gasteiger partial charge is 0.461 e. The molecule has 3 atom stereocenters. The number of ether oxygens (including phenoxy) is 4. The summed E-state index contributed by atoms with van der Waals surface area (Å²) in [6.45, 7) is 6.23. The average Bonchev–Trinajstić information content (AvgIpc) is 3.67. The van der Waals surface area contributed by atoms with Crippen molar-refractivity contribution in [2.45, 2.75) is 250 Å². The van der Waals surface area contributed by atoms with Crippen LogP contribution in [0.5, 0.6) is 0 Å². The van der Waals surface area contributed by atoms with Gasteiger partial charge in [0.15, 0.2) is 5.79 Å². The first-order valence-electron chi connectivity index (χ1n) is 25.8. The topological polar surface area (TPSA) is 74.3 Å². The van der Waals surface area contributed by atoms with Crippen LogP contribution in [0.15, 0.2) is 0 Å². The highest BCUT2D eigenvalue weighted by Crippen LogP contribution is 2.36. The number of thioether (sulfide) groups is 2. The lowest BCUT2D eigenvalue weighted by Gasteiger charge is -2.29. The van der Waals surface area contributed by atoms with Gasteiger partial charge >= 0.3 is 11.9 Å². The lowest BCUT2D eigenvalue weighted by molar-refractivity contribution is -0.180. The number of hydrogen-bond donors (Lipinski definition) is 0. The Labute approximate surface area is 379 Å². The second-order valence-electron chi connectivity index (χ2n) is 19.3. The molecular weight excluding hydrogens is 787 g/mol. The Hall–Kier alpha value is -0.480. The van der Waals surface area contributed by atoms with Gasteiger partial charge in [0.05, 0.1) is 12.7 Å². The lowest BCUT2D eigenvalue weighted by Crippen LogP contribution is -2.31. The summed E-state index contributed by atoms with van der Waals surface area (Å²) in [4.78, 5) is 27.9. The van der Waals surface area contributed by atoms with Crippen LogP contribution in [0.25, 0.3) is 0 Å². The van der Waals surface area contributed by atoms with Crippen LogP contribution in [-0.2, 0) is 28.5 Å². The molecule has 352 valence electrons. The van der Waals surface area contributed by atoms with Gasteiger partial charge in [0.25, 0.3) is 0 Å². The summed E-state index contributed by atoms with van der Waals surface area (Å²) in [5, 5.41) is 0. The number of unbranched alkanes of at least 4 members (excludes halogenated alkanes) is 10. The third kappa shape index (κ3) is 26.3. The molecule has 7 nitrogen and oxygen atoms in total. The molecule has 0 aromatic carbocycles. The first-order valence-corrected chi connectivity index (χ1v) is 28.1. The molecule has 9 heteroatoms. The molecule has 2 aliphatic carbocycles. The zero-order valence-electron chi connectivity index (χ0n) is 39.7. The molecule has 2 saturated carbocycles. The molecule has 0 radical (unpaired) electrons. The molecule has 3 unspecified atom stereocenters. The summed E-state index contributed by atoms with van der Waals surface area (Å²) >= 11 is 3.95. The molecule has 0 N–H and O–H groups in total. The van der Waals surface area contributed by atoms with E-state index in [2.05, 4.69) is 32.8 Å². The molecule has 60 heavy (non-hydrogen) atoms. The van der Waals surface area contributed by atoms with Crippen molar-refractivity contribution in [3.05, 3.63) is 0 Å². The van der Waals surface area contributed by atoms with Crippen molar-refractivity contribution >= 4 is 35.5 Å². The first-order chi connectivity index (χ1) is 29.3. The third-order valence-electron chi connectivity index (χ3n) is 13.4. The Bertz CT molecular complexity index is 985. The van der Waals surface area contributed by atoms with Crippen LogP contribution in [-0.4, -0.2) is 91.2 Å². The quantitative estimate of drug-likeness (QED) is 0.0448. The number of esters is 2. The molecule has 3 rings (SSSR count). The fourth-order valence-electron chi connectivity index (χ4n) is 9.56. The van der Waals surface area contributed by atoms with E-state index < -0.39 is 5.79 Å². The predicted molar refractivity (Wildman–Crippen MR) is 257 cm³/mol. The number of carbonyl (C=O) groups excluding carboxylic acids is 2. The molecule has 3 fully saturated rings. The van der Waals surface area contributed by atoms with Gasteiger partial charge in [-0.25, -0.2) is 0 Å². The van der Waals surface area contributed by atoms with E-state index in [4.69, 9.17) is 18.9 Å². The van der Waals surface area contributed by atoms with Crippen molar-refractivity contribution in [3.63, 3.8) is 0 Å². The minimum Gasteiger partial charge on any atom is -0.461 e. The van der Waals surface area contributed by atoms with Gasteiger partial charge in [0.1, 0.15) is 12.2 Å². The first kappa shape index (κ1) is 53.9. The van der Waals surface area contributed by atoms with Crippen molar-refractivity contribution in [1.29, 1.82) is 0 Å². The Morgan fingerprint density at radius 1 is 0.617 bits per heavy atom. The zero-order valence-corrected chi connectivity index (χ0v) is 41.3. The molecule has 0 spiro atoms. The second-order valence-corrected chi connectivity index (χ2v) is 21.6. The minimum absolute atomic E-state index is 0.0330. The Morgan fingerprint density at radius 3 is 1.53 bits per heavy atom. The van der Waals surface area contributed by atoms with Crippen LogP contribution in [0.1, 0.15) is 226 Å². The molecule has 0 amide bonds. The Kier molecular flexibility index (Phi) is 31.3. The van der Waals surface area contributed by atoms with Gasteiger partial charge in [0, 0.05) is 43.7 Å². The average molecular weight is 882 g/mol. The highest BCUT2D eigenvalue weighted by Gasteiger charge is 2.40. The number of nitrogens with zero attached hydrogens (tertiary/aromatic N) is 1. The molecule has 0 bridgehead atoms. The third-order valence-corrected chi connectivity index (χ3v) is 15.8. The molecule has 1 aliphatic heterocycles. The van der Waals surface area contributed by atoms with E-state index in [1.165, 1.54) is 128 Å². The summed E-state index contributed by atoms with van der Waals surface area (Å²) in [6, 6.07) is 0.